The maximum Gasteiger partial charge on any atom is 0.133 e. The zero-order chi connectivity index (χ0) is 11.0. The Morgan fingerprint density at radius 1 is 1.29 bits per heavy atom. The molecule has 84 valence electrons. The molecule has 2 N–H and O–H groups in total. The lowest BCUT2D eigenvalue weighted by molar-refractivity contribution is -0.120. The van der Waals surface area contributed by atoms with E-state index in [2.05, 4.69) is 13.8 Å². The smallest absolute Gasteiger partial charge is 0.133 e. The minimum atomic E-state index is 0.232. The largest absolute Gasteiger partial charge is 0.328 e. The molecule has 0 aliphatic carbocycles. The van der Waals surface area contributed by atoms with Crippen LogP contribution in [0.1, 0.15) is 59.3 Å². The third-order valence-electron chi connectivity index (χ3n) is 2.47. The zero-order valence-corrected chi connectivity index (χ0v) is 9.88. The first-order valence-corrected chi connectivity index (χ1v) is 5.83. The molecule has 2 heteroatoms. The van der Waals surface area contributed by atoms with Crippen molar-refractivity contribution in [3.63, 3.8) is 0 Å². The molecule has 0 radical (unpaired) electrons. The normalized spacial score (nSPS) is 15.1. The lowest BCUT2D eigenvalue weighted by atomic mass is 9.97. The maximum atomic E-state index is 11.5. The molecule has 2 unspecified atom stereocenters. The SMILES string of the molecule is CCCC(C)CC(=O)CCCC(C)N. The van der Waals surface area contributed by atoms with E-state index in [4.69, 9.17) is 5.73 Å². The molecule has 0 aliphatic rings. The van der Waals surface area contributed by atoms with Crippen LogP contribution < -0.4 is 5.73 Å². The number of Topliss-reactive ketones (excluding diaryl/α,β-unsaturated/α-hetero) is 1. The van der Waals surface area contributed by atoms with Crippen LogP contribution >= 0.6 is 0 Å². The van der Waals surface area contributed by atoms with Gasteiger partial charge >= 0.3 is 0 Å². The average Bonchev–Trinajstić information content (AvgIpc) is 2.03. The minimum Gasteiger partial charge on any atom is -0.328 e. The Kier molecular flexibility index (Phi) is 7.77. The van der Waals surface area contributed by atoms with E-state index >= 15 is 0 Å². The number of nitrogens with two attached hydrogens (primary N) is 1. The van der Waals surface area contributed by atoms with Crippen LogP contribution in [0.5, 0.6) is 0 Å². The summed E-state index contributed by atoms with van der Waals surface area (Å²) in [7, 11) is 0. The molecule has 0 fully saturated rings. The maximum absolute atomic E-state index is 11.5. The summed E-state index contributed by atoms with van der Waals surface area (Å²) in [6.45, 7) is 6.31. The summed E-state index contributed by atoms with van der Waals surface area (Å²) in [4.78, 5) is 11.5. The third-order valence-corrected chi connectivity index (χ3v) is 2.47. The first-order chi connectivity index (χ1) is 6.56. The Hall–Kier alpha value is -0.370. The van der Waals surface area contributed by atoms with Gasteiger partial charge in [0.05, 0.1) is 0 Å². The molecule has 0 heterocycles. The molecule has 14 heavy (non-hydrogen) atoms. The van der Waals surface area contributed by atoms with Gasteiger partial charge in [-0.3, -0.25) is 4.79 Å². The highest BCUT2D eigenvalue weighted by Gasteiger charge is 2.08. The summed E-state index contributed by atoms with van der Waals surface area (Å²) in [5.41, 5.74) is 5.62. The van der Waals surface area contributed by atoms with Crippen molar-refractivity contribution in [2.45, 2.75) is 65.3 Å². The molecule has 0 aromatic rings. The van der Waals surface area contributed by atoms with Crippen LogP contribution in [0.4, 0.5) is 0 Å². The Morgan fingerprint density at radius 2 is 1.93 bits per heavy atom. The average molecular weight is 199 g/mol. The lowest BCUT2D eigenvalue weighted by Crippen LogP contribution is -2.15. The Morgan fingerprint density at radius 3 is 2.43 bits per heavy atom. The van der Waals surface area contributed by atoms with Crippen molar-refractivity contribution in [3.8, 4) is 0 Å². The predicted molar refractivity (Wildman–Crippen MR) is 61.2 cm³/mol. The second-order valence-electron chi connectivity index (χ2n) is 4.51. The van der Waals surface area contributed by atoms with Gasteiger partial charge in [0, 0.05) is 18.9 Å². The van der Waals surface area contributed by atoms with Crippen LogP contribution in [0.25, 0.3) is 0 Å². The monoisotopic (exact) mass is 199 g/mol. The van der Waals surface area contributed by atoms with Crippen LogP contribution in [0.3, 0.4) is 0 Å². The van der Waals surface area contributed by atoms with Gasteiger partial charge in [-0.25, -0.2) is 0 Å². The molecule has 0 rings (SSSR count). The van der Waals surface area contributed by atoms with E-state index in [1.165, 1.54) is 12.8 Å². The van der Waals surface area contributed by atoms with Crippen molar-refractivity contribution in [2.75, 3.05) is 0 Å². The van der Waals surface area contributed by atoms with Crippen LogP contribution in [0.2, 0.25) is 0 Å². The van der Waals surface area contributed by atoms with Crippen molar-refractivity contribution in [1.29, 1.82) is 0 Å². The van der Waals surface area contributed by atoms with Crippen molar-refractivity contribution in [3.05, 3.63) is 0 Å². The minimum absolute atomic E-state index is 0.232. The number of carbonyl (C=O) groups is 1. The molecule has 0 aromatic carbocycles. The summed E-state index contributed by atoms with van der Waals surface area (Å²) in [5, 5.41) is 0. The van der Waals surface area contributed by atoms with Gasteiger partial charge in [0.1, 0.15) is 5.78 Å². The van der Waals surface area contributed by atoms with Crippen LogP contribution in [0, 0.1) is 5.92 Å². The predicted octanol–water partition coefficient (Wildman–Crippen LogP) is 2.90. The van der Waals surface area contributed by atoms with E-state index < -0.39 is 0 Å². The Balaban J connectivity index is 3.45. The second-order valence-corrected chi connectivity index (χ2v) is 4.51. The Labute approximate surface area is 88.3 Å². The van der Waals surface area contributed by atoms with E-state index in [0.717, 1.165) is 25.7 Å². The molecule has 0 spiro atoms. The molecule has 0 aromatic heterocycles. The van der Waals surface area contributed by atoms with Gasteiger partial charge in [-0.1, -0.05) is 26.7 Å². The second kappa shape index (κ2) is 7.98. The molecule has 0 bridgehead atoms. The van der Waals surface area contributed by atoms with Gasteiger partial charge in [-0.2, -0.15) is 0 Å². The first kappa shape index (κ1) is 13.6. The first-order valence-electron chi connectivity index (χ1n) is 5.83. The van der Waals surface area contributed by atoms with Gasteiger partial charge in [-0.05, 0) is 25.7 Å². The van der Waals surface area contributed by atoms with Crippen molar-refractivity contribution >= 4 is 5.78 Å². The summed E-state index contributed by atoms with van der Waals surface area (Å²) in [5.74, 6) is 0.967. The van der Waals surface area contributed by atoms with E-state index in [9.17, 15) is 4.79 Å². The van der Waals surface area contributed by atoms with Gasteiger partial charge in [0.25, 0.3) is 0 Å². The fourth-order valence-electron chi connectivity index (χ4n) is 1.71. The molecule has 0 saturated carbocycles. The topological polar surface area (TPSA) is 43.1 Å². The van der Waals surface area contributed by atoms with Crippen LogP contribution in [-0.4, -0.2) is 11.8 Å². The third kappa shape index (κ3) is 8.24. The highest BCUT2D eigenvalue weighted by Crippen LogP contribution is 2.12. The highest BCUT2D eigenvalue weighted by atomic mass is 16.1. The number of hydrogen-bond acceptors (Lipinski definition) is 2. The van der Waals surface area contributed by atoms with Gasteiger partial charge < -0.3 is 5.73 Å². The Bertz CT molecular complexity index is 154. The van der Waals surface area contributed by atoms with E-state index in [-0.39, 0.29) is 6.04 Å². The van der Waals surface area contributed by atoms with Crippen molar-refractivity contribution in [2.24, 2.45) is 11.7 Å². The van der Waals surface area contributed by atoms with Gasteiger partial charge in [-0.15, -0.1) is 0 Å². The molecule has 2 atom stereocenters. The fraction of sp³-hybridized carbons (Fsp3) is 0.917. The summed E-state index contributed by atoms with van der Waals surface area (Å²) in [6.07, 6.45) is 5.74. The fourth-order valence-corrected chi connectivity index (χ4v) is 1.71. The van der Waals surface area contributed by atoms with Crippen LogP contribution in [-0.2, 0) is 4.79 Å². The zero-order valence-electron chi connectivity index (χ0n) is 9.88. The molecule has 2 nitrogen and oxygen atoms in total. The number of carbonyl (C=O) groups excluding carboxylic acids is 1. The van der Waals surface area contributed by atoms with Gasteiger partial charge in [0.15, 0.2) is 0 Å². The molecule has 0 amide bonds. The van der Waals surface area contributed by atoms with Crippen molar-refractivity contribution in [1.82, 2.24) is 0 Å². The summed E-state index contributed by atoms with van der Waals surface area (Å²) < 4.78 is 0. The van der Waals surface area contributed by atoms with E-state index in [0.29, 0.717) is 11.7 Å². The van der Waals surface area contributed by atoms with Gasteiger partial charge in [0.2, 0.25) is 0 Å². The number of rotatable bonds is 8. The quantitative estimate of drug-likeness (QED) is 0.653. The molecule has 0 saturated heterocycles. The molecular formula is C12H25NO. The van der Waals surface area contributed by atoms with E-state index in [1.54, 1.807) is 0 Å². The highest BCUT2D eigenvalue weighted by molar-refractivity contribution is 5.78. The number of ketones is 1. The summed E-state index contributed by atoms with van der Waals surface area (Å²) in [6, 6.07) is 0.232. The van der Waals surface area contributed by atoms with Crippen molar-refractivity contribution < 1.29 is 4.79 Å². The summed E-state index contributed by atoms with van der Waals surface area (Å²) >= 11 is 0. The van der Waals surface area contributed by atoms with Crippen LogP contribution in [0.15, 0.2) is 0 Å². The lowest BCUT2D eigenvalue weighted by Gasteiger charge is -2.09. The van der Waals surface area contributed by atoms with E-state index in [1.807, 2.05) is 6.92 Å². The standard InChI is InChI=1S/C12H25NO/c1-4-6-10(2)9-12(14)8-5-7-11(3)13/h10-11H,4-9,13H2,1-3H3. The molecular weight excluding hydrogens is 174 g/mol. The number of hydrogen-bond donors (Lipinski definition) is 1. The molecule has 0 aliphatic heterocycles.